The minimum Gasteiger partial charge on any atom is -0.481 e. The number of thioether (sulfide) groups is 1. The van der Waals surface area contributed by atoms with Gasteiger partial charge >= 0.3 is 12.1 Å². The zero-order valence-electron chi connectivity index (χ0n) is 17.8. The Morgan fingerprint density at radius 1 is 1.13 bits per heavy atom. The van der Waals surface area contributed by atoms with Crippen molar-refractivity contribution in [1.82, 2.24) is 14.7 Å². The van der Waals surface area contributed by atoms with Crippen molar-refractivity contribution in [3.63, 3.8) is 0 Å². The van der Waals surface area contributed by atoms with Crippen LogP contribution in [0, 0.1) is 0 Å². The Hall–Kier alpha value is -3.01. The molecule has 2 aromatic rings. The molecule has 1 amide bonds. The van der Waals surface area contributed by atoms with Gasteiger partial charge < -0.3 is 19.6 Å². The SMILES string of the molecule is CC(C)(C)OC(=O)N1CCN(c2cnn(-c3ccccc3)c(=O)c2SCC(=O)O)CC1. The van der Waals surface area contributed by atoms with Crippen LogP contribution in [0.15, 0.2) is 46.2 Å². The predicted octanol–water partition coefficient (Wildman–Crippen LogP) is 2.47. The molecule has 0 aliphatic carbocycles. The van der Waals surface area contributed by atoms with Gasteiger partial charge in [-0.05, 0) is 32.9 Å². The minimum atomic E-state index is -1.01. The van der Waals surface area contributed by atoms with E-state index >= 15 is 0 Å². The highest BCUT2D eigenvalue weighted by Gasteiger charge is 2.28. The van der Waals surface area contributed by atoms with Gasteiger partial charge in [-0.2, -0.15) is 9.78 Å². The number of hydrogen-bond donors (Lipinski definition) is 1. The summed E-state index contributed by atoms with van der Waals surface area (Å²) < 4.78 is 6.69. The van der Waals surface area contributed by atoms with Gasteiger partial charge in [-0.1, -0.05) is 18.2 Å². The molecule has 0 saturated carbocycles. The number of piperazine rings is 1. The molecule has 9 nitrogen and oxygen atoms in total. The first-order chi connectivity index (χ1) is 14.7. The molecule has 3 rings (SSSR count). The number of benzene rings is 1. The quantitative estimate of drug-likeness (QED) is 0.699. The summed E-state index contributed by atoms with van der Waals surface area (Å²) in [5, 5.41) is 13.4. The Labute approximate surface area is 184 Å². The molecule has 10 heteroatoms. The Morgan fingerprint density at radius 2 is 1.77 bits per heavy atom. The van der Waals surface area contributed by atoms with Crippen molar-refractivity contribution in [2.45, 2.75) is 31.3 Å². The molecule has 1 fully saturated rings. The molecule has 1 aliphatic heterocycles. The predicted molar refractivity (Wildman–Crippen MR) is 118 cm³/mol. The first kappa shape index (κ1) is 22.7. The van der Waals surface area contributed by atoms with Crippen LogP contribution < -0.4 is 10.5 Å². The first-order valence-corrected chi connectivity index (χ1v) is 10.9. The van der Waals surface area contributed by atoms with E-state index in [1.807, 2.05) is 31.7 Å². The van der Waals surface area contributed by atoms with Crippen LogP contribution in [0.5, 0.6) is 0 Å². The largest absolute Gasteiger partial charge is 0.481 e. The molecule has 1 aliphatic rings. The van der Waals surface area contributed by atoms with E-state index in [-0.39, 0.29) is 17.4 Å². The molecule has 1 aromatic carbocycles. The van der Waals surface area contributed by atoms with Crippen LogP contribution in [0.25, 0.3) is 5.69 Å². The lowest BCUT2D eigenvalue weighted by Gasteiger charge is -2.37. The van der Waals surface area contributed by atoms with Gasteiger partial charge in [0, 0.05) is 26.2 Å². The van der Waals surface area contributed by atoms with Crippen molar-refractivity contribution in [2.75, 3.05) is 36.8 Å². The average molecular weight is 447 g/mol. The number of carbonyl (C=O) groups is 2. The molecular weight excluding hydrogens is 420 g/mol. The molecule has 0 unspecified atom stereocenters. The zero-order chi connectivity index (χ0) is 22.6. The van der Waals surface area contributed by atoms with Crippen LogP contribution >= 0.6 is 11.8 Å². The fourth-order valence-corrected chi connectivity index (χ4v) is 3.94. The number of ether oxygens (including phenoxy) is 1. The number of amides is 1. The second-order valence-electron chi connectivity index (χ2n) is 8.05. The lowest BCUT2D eigenvalue weighted by Crippen LogP contribution is -2.50. The van der Waals surface area contributed by atoms with E-state index < -0.39 is 11.6 Å². The van der Waals surface area contributed by atoms with E-state index in [9.17, 15) is 14.4 Å². The number of nitrogens with zero attached hydrogens (tertiary/aromatic N) is 4. The van der Waals surface area contributed by atoms with Crippen LogP contribution in [0.1, 0.15) is 20.8 Å². The molecule has 0 radical (unpaired) electrons. The molecule has 0 atom stereocenters. The molecule has 1 saturated heterocycles. The highest BCUT2D eigenvalue weighted by molar-refractivity contribution is 8.00. The van der Waals surface area contributed by atoms with E-state index in [1.54, 1.807) is 35.4 Å². The fourth-order valence-electron chi connectivity index (χ4n) is 3.13. The smallest absolute Gasteiger partial charge is 0.410 e. The van der Waals surface area contributed by atoms with Crippen molar-refractivity contribution in [2.24, 2.45) is 0 Å². The van der Waals surface area contributed by atoms with E-state index in [4.69, 9.17) is 9.84 Å². The summed E-state index contributed by atoms with van der Waals surface area (Å²) in [7, 11) is 0. The Kier molecular flexibility index (Phi) is 6.89. The summed E-state index contributed by atoms with van der Waals surface area (Å²) in [6, 6.07) is 8.97. The van der Waals surface area contributed by atoms with Crippen molar-refractivity contribution in [1.29, 1.82) is 0 Å². The van der Waals surface area contributed by atoms with E-state index in [1.165, 1.54) is 4.68 Å². The second-order valence-corrected chi connectivity index (χ2v) is 9.03. The van der Waals surface area contributed by atoms with Gasteiger partial charge in [-0.3, -0.25) is 9.59 Å². The fraction of sp³-hybridized carbons (Fsp3) is 0.429. The summed E-state index contributed by atoms with van der Waals surface area (Å²) >= 11 is 0.979. The maximum atomic E-state index is 13.2. The van der Waals surface area contributed by atoms with Gasteiger partial charge in [-0.15, -0.1) is 11.8 Å². The van der Waals surface area contributed by atoms with Gasteiger partial charge in [-0.25, -0.2) is 4.79 Å². The van der Waals surface area contributed by atoms with Crippen LogP contribution in [0.2, 0.25) is 0 Å². The monoisotopic (exact) mass is 446 g/mol. The molecular formula is C21H26N4O5S. The summed E-state index contributed by atoms with van der Waals surface area (Å²) in [4.78, 5) is 40.5. The number of carboxylic acids is 1. The van der Waals surface area contributed by atoms with Gasteiger partial charge in [0.05, 0.1) is 23.3 Å². The van der Waals surface area contributed by atoms with Gasteiger partial charge in [0.25, 0.3) is 5.56 Å². The number of aromatic nitrogens is 2. The lowest BCUT2D eigenvalue weighted by atomic mass is 10.2. The van der Waals surface area contributed by atoms with Crippen LogP contribution in [-0.2, 0) is 9.53 Å². The third-order valence-corrected chi connectivity index (χ3v) is 5.59. The van der Waals surface area contributed by atoms with Crippen molar-refractivity contribution in [3.05, 3.63) is 46.9 Å². The second kappa shape index (κ2) is 9.42. The average Bonchev–Trinajstić information content (AvgIpc) is 2.72. The molecule has 1 aromatic heterocycles. The third kappa shape index (κ3) is 5.78. The van der Waals surface area contributed by atoms with E-state index in [0.717, 1.165) is 11.8 Å². The molecule has 1 N–H and O–H groups in total. The summed E-state index contributed by atoms with van der Waals surface area (Å²) in [5.74, 6) is -1.24. The number of carboxylic acid groups (broad SMARTS) is 1. The number of carbonyl (C=O) groups excluding carboxylic acids is 1. The summed E-state index contributed by atoms with van der Waals surface area (Å²) in [6.07, 6.45) is 1.21. The highest BCUT2D eigenvalue weighted by Crippen LogP contribution is 2.28. The van der Waals surface area contributed by atoms with E-state index in [2.05, 4.69) is 5.10 Å². The number of rotatable bonds is 5. The zero-order valence-corrected chi connectivity index (χ0v) is 18.6. The Bertz CT molecular complexity index is 995. The molecule has 0 bridgehead atoms. The Morgan fingerprint density at radius 3 is 2.35 bits per heavy atom. The van der Waals surface area contributed by atoms with Gasteiger partial charge in [0.1, 0.15) is 10.5 Å². The Balaban J connectivity index is 1.84. The number of anilines is 1. The topological polar surface area (TPSA) is 105 Å². The normalized spacial score (nSPS) is 14.4. The van der Waals surface area contributed by atoms with Crippen molar-refractivity contribution >= 4 is 29.5 Å². The van der Waals surface area contributed by atoms with Gasteiger partial charge in [0.2, 0.25) is 0 Å². The molecule has 166 valence electrons. The van der Waals surface area contributed by atoms with Crippen molar-refractivity contribution < 1.29 is 19.4 Å². The first-order valence-electron chi connectivity index (χ1n) is 9.91. The number of aliphatic carboxylic acids is 1. The maximum absolute atomic E-state index is 13.2. The molecule has 2 heterocycles. The summed E-state index contributed by atoms with van der Waals surface area (Å²) in [6.45, 7) is 7.29. The minimum absolute atomic E-state index is 0.237. The van der Waals surface area contributed by atoms with Crippen LogP contribution in [0.3, 0.4) is 0 Å². The van der Waals surface area contributed by atoms with E-state index in [0.29, 0.717) is 42.4 Å². The third-order valence-electron chi connectivity index (χ3n) is 4.53. The van der Waals surface area contributed by atoms with Crippen LogP contribution in [0.4, 0.5) is 10.5 Å². The maximum Gasteiger partial charge on any atom is 0.410 e. The standard InChI is InChI=1S/C21H26N4O5S/c1-21(2,3)30-20(29)24-11-9-23(10-12-24)16-13-22-25(15-7-5-4-6-8-15)19(28)18(16)31-14-17(26)27/h4-8,13H,9-12,14H2,1-3H3,(H,26,27). The lowest BCUT2D eigenvalue weighted by molar-refractivity contribution is -0.133. The molecule has 31 heavy (non-hydrogen) atoms. The van der Waals surface area contributed by atoms with Gasteiger partial charge in [0.15, 0.2) is 0 Å². The van der Waals surface area contributed by atoms with Crippen LogP contribution in [-0.4, -0.2) is 69.4 Å². The molecule has 0 spiro atoms. The summed E-state index contributed by atoms with van der Waals surface area (Å²) in [5.41, 5.74) is 0.239. The number of para-hydroxylation sites is 1. The highest BCUT2D eigenvalue weighted by atomic mass is 32.2. The van der Waals surface area contributed by atoms with Crippen molar-refractivity contribution in [3.8, 4) is 5.69 Å². The number of hydrogen-bond acceptors (Lipinski definition) is 7.